The minimum atomic E-state index is -3.74. The van der Waals surface area contributed by atoms with Gasteiger partial charge in [-0.3, -0.25) is 9.10 Å². The zero-order chi connectivity index (χ0) is 21.1. The first-order valence-corrected chi connectivity index (χ1v) is 11.5. The van der Waals surface area contributed by atoms with Gasteiger partial charge in [-0.05, 0) is 48.2 Å². The zero-order valence-electron chi connectivity index (χ0n) is 16.2. The molecule has 0 aliphatic carbocycles. The predicted molar refractivity (Wildman–Crippen MR) is 117 cm³/mol. The van der Waals surface area contributed by atoms with Gasteiger partial charge in [0.15, 0.2) is 0 Å². The highest BCUT2D eigenvalue weighted by Crippen LogP contribution is 2.30. The van der Waals surface area contributed by atoms with E-state index < -0.39 is 22.0 Å². The van der Waals surface area contributed by atoms with Crippen LogP contribution in [0.2, 0.25) is 10.0 Å². The standard InChI is InChI=1S/C20H24Cl2N2O3S/c1-5-19(20(25)23-15-8-6-14(7-9-15)13(2)3)24(28(4,26)27)16-10-11-17(21)18(22)12-16/h6-13,19H,5H2,1-4H3,(H,23,25)/t19-/m0/s1. The van der Waals surface area contributed by atoms with Crippen LogP contribution in [0.4, 0.5) is 11.4 Å². The van der Waals surface area contributed by atoms with Crippen LogP contribution in [-0.2, 0) is 14.8 Å². The molecule has 2 aromatic carbocycles. The molecule has 0 radical (unpaired) electrons. The maximum absolute atomic E-state index is 12.9. The molecule has 1 atom stereocenters. The molecule has 0 aromatic heterocycles. The molecule has 0 aliphatic rings. The highest BCUT2D eigenvalue weighted by Gasteiger charge is 2.31. The summed E-state index contributed by atoms with van der Waals surface area (Å²) in [6.07, 6.45) is 1.34. The molecule has 0 aliphatic heterocycles. The fourth-order valence-electron chi connectivity index (χ4n) is 2.86. The van der Waals surface area contributed by atoms with E-state index in [4.69, 9.17) is 23.2 Å². The van der Waals surface area contributed by atoms with Crippen molar-refractivity contribution in [3.05, 3.63) is 58.1 Å². The summed E-state index contributed by atoms with van der Waals surface area (Å²) >= 11 is 12.0. The fraction of sp³-hybridized carbons (Fsp3) is 0.350. The molecule has 28 heavy (non-hydrogen) atoms. The van der Waals surface area contributed by atoms with Crippen molar-refractivity contribution >= 4 is 50.5 Å². The van der Waals surface area contributed by atoms with Gasteiger partial charge >= 0.3 is 0 Å². The zero-order valence-corrected chi connectivity index (χ0v) is 18.6. The number of hydrogen-bond donors (Lipinski definition) is 1. The quantitative estimate of drug-likeness (QED) is 0.632. The van der Waals surface area contributed by atoms with Crippen molar-refractivity contribution in [1.29, 1.82) is 0 Å². The Labute approximate surface area is 176 Å². The van der Waals surface area contributed by atoms with Crippen molar-refractivity contribution in [1.82, 2.24) is 0 Å². The van der Waals surface area contributed by atoms with Gasteiger partial charge in [0, 0.05) is 5.69 Å². The van der Waals surface area contributed by atoms with E-state index in [1.807, 2.05) is 24.3 Å². The number of anilines is 2. The van der Waals surface area contributed by atoms with E-state index in [-0.39, 0.29) is 17.1 Å². The number of carbonyl (C=O) groups is 1. The summed E-state index contributed by atoms with van der Waals surface area (Å²) in [5.41, 5.74) is 2.04. The monoisotopic (exact) mass is 442 g/mol. The molecule has 2 aromatic rings. The maximum Gasteiger partial charge on any atom is 0.248 e. The number of nitrogens with one attached hydrogen (secondary N) is 1. The first-order chi connectivity index (χ1) is 13.0. The lowest BCUT2D eigenvalue weighted by molar-refractivity contribution is -0.117. The molecule has 0 heterocycles. The van der Waals surface area contributed by atoms with Crippen molar-refractivity contribution in [2.45, 2.75) is 39.2 Å². The SMILES string of the molecule is CC[C@@H](C(=O)Nc1ccc(C(C)C)cc1)N(c1ccc(Cl)c(Cl)c1)S(C)(=O)=O. The summed E-state index contributed by atoms with van der Waals surface area (Å²) in [6.45, 7) is 5.92. The lowest BCUT2D eigenvalue weighted by atomic mass is 10.0. The van der Waals surface area contributed by atoms with Crippen molar-refractivity contribution in [3.8, 4) is 0 Å². The molecule has 5 nitrogen and oxygen atoms in total. The Hall–Kier alpha value is -1.76. The van der Waals surface area contributed by atoms with Gasteiger partial charge in [-0.15, -0.1) is 0 Å². The third kappa shape index (κ3) is 5.40. The second-order valence-corrected chi connectivity index (χ2v) is 9.52. The Morgan fingerprint density at radius 2 is 1.68 bits per heavy atom. The summed E-state index contributed by atoms with van der Waals surface area (Å²) in [7, 11) is -3.74. The first-order valence-electron chi connectivity index (χ1n) is 8.89. The molecule has 0 fully saturated rings. The Morgan fingerprint density at radius 3 is 2.14 bits per heavy atom. The van der Waals surface area contributed by atoms with Crippen molar-refractivity contribution in [3.63, 3.8) is 0 Å². The van der Waals surface area contributed by atoms with Crippen LogP contribution in [0.5, 0.6) is 0 Å². The first kappa shape index (κ1) is 22.5. The summed E-state index contributed by atoms with van der Waals surface area (Å²) in [4.78, 5) is 12.9. The number of nitrogens with zero attached hydrogens (tertiary/aromatic N) is 1. The number of carbonyl (C=O) groups excluding carboxylic acids is 1. The summed E-state index contributed by atoms with van der Waals surface area (Å²) in [5.74, 6) is -0.0418. The number of benzene rings is 2. The molecular weight excluding hydrogens is 419 g/mol. The van der Waals surface area contributed by atoms with Crippen LogP contribution in [0.15, 0.2) is 42.5 Å². The molecule has 8 heteroatoms. The largest absolute Gasteiger partial charge is 0.324 e. The van der Waals surface area contributed by atoms with Crippen LogP contribution in [0, 0.1) is 0 Å². The Morgan fingerprint density at radius 1 is 1.07 bits per heavy atom. The van der Waals surface area contributed by atoms with Crippen LogP contribution in [-0.4, -0.2) is 26.6 Å². The van der Waals surface area contributed by atoms with Crippen LogP contribution in [0.25, 0.3) is 0 Å². The number of halogens is 2. The highest BCUT2D eigenvalue weighted by atomic mass is 35.5. The summed E-state index contributed by atoms with van der Waals surface area (Å²) in [6, 6.07) is 11.0. The predicted octanol–water partition coefficient (Wildman–Crippen LogP) is 5.30. The molecule has 2 rings (SSSR count). The lowest BCUT2D eigenvalue weighted by Crippen LogP contribution is -2.47. The molecule has 0 bridgehead atoms. The number of hydrogen-bond acceptors (Lipinski definition) is 3. The molecule has 0 unspecified atom stereocenters. The van der Waals surface area contributed by atoms with Gasteiger partial charge in [0.2, 0.25) is 15.9 Å². The van der Waals surface area contributed by atoms with E-state index in [0.29, 0.717) is 16.6 Å². The van der Waals surface area contributed by atoms with E-state index in [0.717, 1.165) is 16.1 Å². The second-order valence-electron chi connectivity index (χ2n) is 6.85. The molecule has 0 spiro atoms. The summed E-state index contributed by atoms with van der Waals surface area (Å²) < 4.78 is 26.0. The van der Waals surface area contributed by atoms with Crippen molar-refractivity contribution in [2.75, 3.05) is 15.9 Å². The Kier molecular flexibility index (Phi) is 7.37. The van der Waals surface area contributed by atoms with E-state index in [9.17, 15) is 13.2 Å². The van der Waals surface area contributed by atoms with Crippen molar-refractivity contribution < 1.29 is 13.2 Å². The highest BCUT2D eigenvalue weighted by molar-refractivity contribution is 7.92. The molecular formula is C20H24Cl2N2O3S. The minimum Gasteiger partial charge on any atom is -0.324 e. The van der Waals surface area contributed by atoms with E-state index >= 15 is 0 Å². The fourth-order valence-corrected chi connectivity index (χ4v) is 4.36. The van der Waals surface area contributed by atoms with Gasteiger partial charge in [0.1, 0.15) is 6.04 Å². The molecule has 1 amide bonds. The lowest BCUT2D eigenvalue weighted by Gasteiger charge is -2.30. The maximum atomic E-state index is 12.9. The van der Waals surface area contributed by atoms with Gasteiger partial charge in [-0.25, -0.2) is 8.42 Å². The van der Waals surface area contributed by atoms with Crippen LogP contribution >= 0.6 is 23.2 Å². The van der Waals surface area contributed by atoms with Crippen LogP contribution in [0.1, 0.15) is 38.7 Å². The Balaban J connectivity index is 2.34. The van der Waals surface area contributed by atoms with E-state index in [2.05, 4.69) is 19.2 Å². The van der Waals surface area contributed by atoms with Gasteiger partial charge in [-0.2, -0.15) is 0 Å². The van der Waals surface area contributed by atoms with Gasteiger partial charge < -0.3 is 5.32 Å². The second kappa shape index (κ2) is 9.16. The molecule has 0 saturated carbocycles. The normalized spacial score (nSPS) is 12.7. The van der Waals surface area contributed by atoms with E-state index in [1.165, 1.54) is 18.2 Å². The number of amides is 1. The Bertz CT molecular complexity index is 944. The minimum absolute atomic E-state index is 0.215. The smallest absolute Gasteiger partial charge is 0.248 e. The molecule has 0 saturated heterocycles. The third-order valence-electron chi connectivity index (χ3n) is 4.33. The topological polar surface area (TPSA) is 66.5 Å². The van der Waals surface area contributed by atoms with Crippen LogP contribution < -0.4 is 9.62 Å². The van der Waals surface area contributed by atoms with Gasteiger partial charge in [0.05, 0.1) is 22.0 Å². The van der Waals surface area contributed by atoms with Crippen LogP contribution in [0.3, 0.4) is 0 Å². The average molecular weight is 443 g/mol. The van der Waals surface area contributed by atoms with Gasteiger partial charge in [-0.1, -0.05) is 56.1 Å². The number of sulfonamides is 1. The number of rotatable bonds is 7. The molecule has 152 valence electrons. The van der Waals surface area contributed by atoms with Gasteiger partial charge in [0.25, 0.3) is 0 Å². The molecule has 1 N–H and O–H groups in total. The third-order valence-corrected chi connectivity index (χ3v) is 6.25. The average Bonchev–Trinajstić information content (AvgIpc) is 2.61. The summed E-state index contributed by atoms with van der Waals surface area (Å²) in [5, 5.41) is 3.33. The van der Waals surface area contributed by atoms with Crippen molar-refractivity contribution in [2.24, 2.45) is 0 Å². The van der Waals surface area contributed by atoms with E-state index in [1.54, 1.807) is 6.92 Å².